The van der Waals surface area contributed by atoms with Gasteiger partial charge in [0.05, 0.1) is 11.0 Å². The Morgan fingerprint density at radius 2 is 1.88 bits per heavy atom. The summed E-state index contributed by atoms with van der Waals surface area (Å²) in [6, 6.07) is 9.58. The van der Waals surface area contributed by atoms with E-state index in [4.69, 9.17) is 0 Å². The zero-order valence-corrected chi connectivity index (χ0v) is 13.8. The van der Waals surface area contributed by atoms with E-state index in [1.165, 1.54) is 18.2 Å². The number of nitrogens with one attached hydrogen (secondary N) is 2. The molecule has 132 valence electrons. The first-order valence-corrected chi connectivity index (χ1v) is 7.56. The molecule has 0 saturated carbocycles. The summed E-state index contributed by atoms with van der Waals surface area (Å²) >= 11 is 0. The topological polar surface area (TPSA) is 79.6 Å². The molecular weight excluding hydrogens is 330 g/mol. The smallest absolute Gasteiger partial charge is 0.269 e. The lowest BCUT2D eigenvalue weighted by Gasteiger charge is -2.18. The third-order valence-electron chi connectivity index (χ3n) is 3.63. The maximum absolute atomic E-state index is 13.3. The van der Waals surface area contributed by atoms with Crippen molar-refractivity contribution in [3.63, 3.8) is 0 Å². The number of hydrogen-bond donors (Lipinski definition) is 2. The Labute approximate surface area is 143 Å². The van der Waals surface area contributed by atoms with Crippen molar-refractivity contribution in [2.75, 3.05) is 7.05 Å². The first-order chi connectivity index (χ1) is 11.9. The minimum Gasteiger partial charge on any atom is -0.352 e. The van der Waals surface area contributed by atoms with Crippen LogP contribution in [0.25, 0.3) is 0 Å². The van der Waals surface area contributed by atoms with Gasteiger partial charge in [0.1, 0.15) is 0 Å². The van der Waals surface area contributed by atoms with Crippen LogP contribution in [0.1, 0.15) is 24.1 Å². The van der Waals surface area contributed by atoms with E-state index in [-0.39, 0.29) is 11.7 Å². The van der Waals surface area contributed by atoms with Crippen LogP contribution in [0.15, 0.2) is 47.5 Å². The summed E-state index contributed by atoms with van der Waals surface area (Å²) in [6.07, 6.45) is 0. The number of nitro benzene ring substituents is 1. The van der Waals surface area contributed by atoms with Gasteiger partial charge in [-0.15, -0.1) is 0 Å². The molecule has 2 aromatic rings. The zero-order valence-electron chi connectivity index (χ0n) is 13.8. The molecule has 25 heavy (non-hydrogen) atoms. The van der Waals surface area contributed by atoms with Crippen LogP contribution in [0.2, 0.25) is 0 Å². The van der Waals surface area contributed by atoms with Gasteiger partial charge in [0, 0.05) is 25.7 Å². The number of nitrogens with zero attached hydrogens (tertiary/aromatic N) is 2. The summed E-state index contributed by atoms with van der Waals surface area (Å²) in [5.74, 6) is -1.33. The second kappa shape index (κ2) is 8.18. The van der Waals surface area contributed by atoms with Crippen molar-refractivity contribution >= 4 is 11.6 Å². The fourth-order valence-corrected chi connectivity index (χ4v) is 2.19. The molecule has 0 amide bonds. The first kappa shape index (κ1) is 18.3. The summed E-state index contributed by atoms with van der Waals surface area (Å²) in [5, 5.41) is 16.8. The molecule has 0 aliphatic rings. The van der Waals surface area contributed by atoms with Gasteiger partial charge in [-0.3, -0.25) is 15.1 Å². The zero-order chi connectivity index (χ0) is 18.4. The van der Waals surface area contributed by atoms with E-state index in [2.05, 4.69) is 15.6 Å². The fraction of sp³-hybridized carbons (Fsp3) is 0.235. The number of aliphatic imine (C=N–C) groups is 1. The predicted octanol–water partition coefficient (Wildman–Crippen LogP) is 3.30. The minimum absolute atomic E-state index is 0.0261. The van der Waals surface area contributed by atoms with Gasteiger partial charge in [-0.1, -0.05) is 18.2 Å². The summed E-state index contributed by atoms with van der Waals surface area (Å²) in [5.41, 5.74) is 1.45. The van der Waals surface area contributed by atoms with E-state index in [1.807, 2.05) is 0 Å². The Morgan fingerprint density at radius 1 is 1.20 bits per heavy atom. The lowest BCUT2D eigenvalue weighted by molar-refractivity contribution is -0.384. The van der Waals surface area contributed by atoms with Crippen LogP contribution in [0, 0.1) is 21.7 Å². The van der Waals surface area contributed by atoms with Crippen LogP contribution in [0.4, 0.5) is 14.5 Å². The molecule has 0 heterocycles. The van der Waals surface area contributed by atoms with E-state index in [0.29, 0.717) is 18.1 Å². The molecule has 0 fully saturated rings. The van der Waals surface area contributed by atoms with Crippen LogP contribution in [-0.2, 0) is 6.54 Å². The molecule has 0 radical (unpaired) electrons. The van der Waals surface area contributed by atoms with Gasteiger partial charge >= 0.3 is 0 Å². The molecule has 0 spiro atoms. The number of guanidine groups is 1. The van der Waals surface area contributed by atoms with E-state index in [1.54, 1.807) is 26.1 Å². The first-order valence-electron chi connectivity index (χ1n) is 7.56. The van der Waals surface area contributed by atoms with Crippen molar-refractivity contribution in [2.24, 2.45) is 4.99 Å². The van der Waals surface area contributed by atoms with Crippen LogP contribution in [0.5, 0.6) is 0 Å². The highest BCUT2D eigenvalue weighted by Gasteiger charge is 2.11. The standard InChI is InChI=1S/C17H18F2N4O2/c1-11(13-5-8-15(18)16(19)9-13)22-17(20-2)21-10-12-3-6-14(7-4-12)23(24)25/h3-9,11H,10H2,1-2H3,(H2,20,21,22). The SMILES string of the molecule is CN=C(NCc1ccc([N+](=O)[O-])cc1)NC(C)c1ccc(F)c(F)c1. The highest BCUT2D eigenvalue weighted by Crippen LogP contribution is 2.16. The molecule has 0 aliphatic carbocycles. The number of halogens is 2. The van der Waals surface area contributed by atoms with Crippen molar-refractivity contribution in [3.8, 4) is 0 Å². The summed E-state index contributed by atoms with van der Waals surface area (Å²) in [4.78, 5) is 14.3. The predicted molar refractivity (Wildman–Crippen MR) is 91.2 cm³/mol. The van der Waals surface area contributed by atoms with Crippen molar-refractivity contribution in [1.29, 1.82) is 0 Å². The maximum atomic E-state index is 13.3. The molecule has 2 aromatic carbocycles. The quantitative estimate of drug-likeness (QED) is 0.376. The molecular formula is C17H18F2N4O2. The molecule has 0 bridgehead atoms. The number of nitro groups is 1. The molecule has 8 heteroatoms. The second-order valence-corrected chi connectivity index (χ2v) is 5.39. The average molecular weight is 348 g/mol. The van der Waals surface area contributed by atoms with Gasteiger partial charge in [0.25, 0.3) is 5.69 Å². The normalized spacial score (nSPS) is 12.6. The van der Waals surface area contributed by atoms with Crippen LogP contribution < -0.4 is 10.6 Å². The van der Waals surface area contributed by atoms with Crippen LogP contribution >= 0.6 is 0 Å². The van der Waals surface area contributed by atoms with Gasteiger partial charge in [0.15, 0.2) is 17.6 Å². The molecule has 0 saturated heterocycles. The average Bonchev–Trinajstić information content (AvgIpc) is 2.61. The molecule has 1 atom stereocenters. The third kappa shape index (κ3) is 4.97. The van der Waals surface area contributed by atoms with E-state index < -0.39 is 16.6 Å². The summed E-state index contributed by atoms with van der Waals surface area (Å²) in [6.45, 7) is 2.20. The second-order valence-electron chi connectivity index (χ2n) is 5.39. The maximum Gasteiger partial charge on any atom is 0.269 e. The highest BCUT2D eigenvalue weighted by atomic mass is 19.2. The Kier molecular flexibility index (Phi) is 5.99. The summed E-state index contributed by atoms with van der Waals surface area (Å²) < 4.78 is 26.3. The number of hydrogen-bond acceptors (Lipinski definition) is 3. The molecule has 0 aromatic heterocycles. The highest BCUT2D eigenvalue weighted by molar-refractivity contribution is 5.80. The van der Waals surface area contributed by atoms with Gasteiger partial charge in [-0.2, -0.15) is 0 Å². The lowest BCUT2D eigenvalue weighted by Crippen LogP contribution is -2.38. The van der Waals surface area contributed by atoms with Gasteiger partial charge in [-0.25, -0.2) is 8.78 Å². The van der Waals surface area contributed by atoms with Gasteiger partial charge in [-0.05, 0) is 30.2 Å². The van der Waals surface area contributed by atoms with Crippen molar-refractivity contribution in [1.82, 2.24) is 10.6 Å². The molecule has 2 rings (SSSR count). The Hall–Kier alpha value is -3.03. The Bertz CT molecular complexity index is 779. The fourth-order valence-electron chi connectivity index (χ4n) is 2.19. The van der Waals surface area contributed by atoms with Crippen LogP contribution in [0.3, 0.4) is 0 Å². The lowest BCUT2D eigenvalue weighted by atomic mass is 10.1. The van der Waals surface area contributed by atoms with Gasteiger partial charge in [0.2, 0.25) is 0 Å². The molecule has 1 unspecified atom stereocenters. The number of non-ortho nitro benzene ring substituents is 1. The van der Waals surface area contributed by atoms with E-state index >= 15 is 0 Å². The van der Waals surface area contributed by atoms with E-state index in [9.17, 15) is 18.9 Å². The molecule has 6 nitrogen and oxygen atoms in total. The van der Waals surface area contributed by atoms with Crippen LogP contribution in [-0.4, -0.2) is 17.9 Å². The van der Waals surface area contributed by atoms with E-state index in [0.717, 1.165) is 17.7 Å². The largest absolute Gasteiger partial charge is 0.352 e. The minimum atomic E-state index is -0.903. The Balaban J connectivity index is 1.95. The van der Waals surface area contributed by atoms with Crippen molar-refractivity contribution in [2.45, 2.75) is 19.5 Å². The van der Waals surface area contributed by atoms with Crippen molar-refractivity contribution in [3.05, 3.63) is 75.3 Å². The number of benzene rings is 2. The van der Waals surface area contributed by atoms with Crippen molar-refractivity contribution < 1.29 is 13.7 Å². The third-order valence-corrected chi connectivity index (χ3v) is 3.63. The van der Waals surface area contributed by atoms with Gasteiger partial charge < -0.3 is 10.6 Å². The number of rotatable bonds is 5. The monoisotopic (exact) mass is 348 g/mol. The molecule has 2 N–H and O–H groups in total. The Morgan fingerprint density at radius 3 is 2.44 bits per heavy atom. The molecule has 0 aliphatic heterocycles. The summed E-state index contributed by atoms with van der Waals surface area (Å²) in [7, 11) is 1.59.